The number of hydrogen-bond acceptors (Lipinski definition) is 9. The summed E-state index contributed by atoms with van der Waals surface area (Å²) < 4.78 is 34.3. The molecule has 0 N–H and O–H groups in total. The van der Waals surface area contributed by atoms with E-state index in [1.807, 2.05) is 6.92 Å². The molecule has 0 bridgehead atoms. The molecule has 1 aliphatic heterocycles. The van der Waals surface area contributed by atoms with Crippen LogP contribution in [0.3, 0.4) is 0 Å². The van der Waals surface area contributed by atoms with E-state index >= 15 is 0 Å². The van der Waals surface area contributed by atoms with E-state index in [0.29, 0.717) is 6.42 Å². The molecule has 30 heavy (non-hydrogen) atoms. The molecule has 0 spiro atoms. The first-order valence-electron chi connectivity index (χ1n) is 9.32. The summed E-state index contributed by atoms with van der Waals surface area (Å²) in [5.74, 6) is 0. The van der Waals surface area contributed by atoms with Crippen LogP contribution >= 0.6 is 0 Å². The van der Waals surface area contributed by atoms with E-state index in [4.69, 9.17) is 26.6 Å². The summed E-state index contributed by atoms with van der Waals surface area (Å²) in [6.07, 6.45) is 0.430. The van der Waals surface area contributed by atoms with Gasteiger partial charge in [-0.3, -0.25) is 0 Å². The molecule has 0 aromatic carbocycles. The van der Waals surface area contributed by atoms with Crippen LogP contribution in [0.5, 0.6) is 0 Å². The summed E-state index contributed by atoms with van der Waals surface area (Å²) in [6, 6.07) is -2.51. The zero-order valence-electron chi connectivity index (χ0n) is 19.4. The quantitative estimate of drug-likeness (QED) is 0.405. The van der Waals surface area contributed by atoms with Crippen LogP contribution in [0, 0.1) is 0 Å². The number of carbonyl (C=O) groups is 3. The fourth-order valence-electron chi connectivity index (χ4n) is 3.39. The largest absolute Gasteiger partial charge is 0.616 e. The standard InChI is InChI=1S/C15H34N3O9Si3/c1-11-12-18(30(10,26-6)27-7)14(20)16(28(8,22-2)23-3)13(19)17(15(18)21)29(9,24-4)25-5/h11-12H2,1-10H3/q+1. The maximum Gasteiger partial charge on any atom is 0.616 e. The van der Waals surface area contributed by atoms with Gasteiger partial charge in [0.15, 0.2) is 0 Å². The van der Waals surface area contributed by atoms with Gasteiger partial charge in [0.25, 0.3) is 0 Å². The smallest absolute Gasteiger partial charge is 0.381 e. The Morgan fingerprint density at radius 3 is 1.27 bits per heavy atom. The van der Waals surface area contributed by atoms with Gasteiger partial charge in [-0.2, -0.15) is 13.3 Å². The molecular formula is C15H34N3O9Si3+. The predicted octanol–water partition coefficient (Wildman–Crippen LogP) is 1.78. The number of rotatable bonds is 11. The third kappa shape index (κ3) is 3.72. The molecule has 0 saturated carbocycles. The van der Waals surface area contributed by atoms with Gasteiger partial charge in [0.05, 0.1) is 6.54 Å². The summed E-state index contributed by atoms with van der Waals surface area (Å²) in [5, 5.41) is 0. The van der Waals surface area contributed by atoms with Crippen molar-refractivity contribution in [2.24, 2.45) is 0 Å². The minimum atomic E-state index is -3.59. The number of carbonyl (C=O) groups excluding carboxylic acids is 3. The number of nitrogens with zero attached hydrogens (tertiary/aromatic N) is 3. The van der Waals surface area contributed by atoms with Gasteiger partial charge in [0, 0.05) is 62.3 Å². The number of imide groups is 3. The minimum Gasteiger partial charge on any atom is -0.381 e. The Balaban J connectivity index is 4.03. The fraction of sp³-hybridized carbons (Fsp3) is 0.800. The Morgan fingerprint density at radius 1 is 0.700 bits per heavy atom. The molecule has 12 nitrogen and oxygen atoms in total. The van der Waals surface area contributed by atoms with E-state index in [1.165, 1.54) is 55.8 Å². The van der Waals surface area contributed by atoms with Crippen LogP contribution in [0.25, 0.3) is 0 Å². The van der Waals surface area contributed by atoms with E-state index in [-0.39, 0.29) is 6.54 Å². The van der Waals surface area contributed by atoms with E-state index in [2.05, 4.69) is 0 Å². The van der Waals surface area contributed by atoms with Crippen molar-refractivity contribution in [1.29, 1.82) is 0 Å². The summed E-state index contributed by atoms with van der Waals surface area (Å²) in [5.41, 5.74) is 0. The van der Waals surface area contributed by atoms with Gasteiger partial charge in [-0.25, -0.2) is 14.4 Å². The second-order valence-electron chi connectivity index (χ2n) is 6.97. The molecule has 1 aliphatic rings. The average molecular weight is 485 g/mol. The van der Waals surface area contributed by atoms with Crippen molar-refractivity contribution in [1.82, 2.24) is 9.13 Å². The minimum absolute atomic E-state index is 0.0398. The molecule has 1 heterocycles. The maximum absolute atomic E-state index is 13.9. The summed E-state index contributed by atoms with van der Waals surface area (Å²) in [4.78, 5) is 41.5. The highest BCUT2D eigenvalue weighted by atomic mass is 28.4. The Kier molecular flexibility index (Phi) is 8.68. The van der Waals surface area contributed by atoms with Gasteiger partial charge in [0.2, 0.25) is 0 Å². The molecule has 0 aromatic heterocycles. The number of quaternary nitrogens is 1. The number of hydrogen-bond donors (Lipinski definition) is 0. The van der Waals surface area contributed by atoms with Crippen molar-refractivity contribution in [2.45, 2.75) is 33.0 Å². The third-order valence-corrected chi connectivity index (χ3v) is 14.7. The van der Waals surface area contributed by atoms with Crippen LogP contribution in [0.4, 0.5) is 14.4 Å². The Morgan fingerprint density at radius 2 is 1.03 bits per heavy atom. The molecule has 174 valence electrons. The van der Waals surface area contributed by atoms with Crippen LogP contribution in [-0.4, -0.2) is 107 Å². The van der Waals surface area contributed by atoms with E-state index in [0.717, 1.165) is 9.13 Å². The SMILES string of the molecule is CCC[N+]1([Si](C)(OC)OC)C(=O)N([Si](C)(OC)OC)C(=O)N([Si](C)(OC)OC)C1=O. The summed E-state index contributed by atoms with van der Waals surface area (Å²) in [7, 11) is -2.60. The van der Waals surface area contributed by atoms with Gasteiger partial charge in [-0.1, -0.05) is 6.92 Å². The van der Waals surface area contributed by atoms with E-state index in [9.17, 15) is 14.4 Å². The van der Waals surface area contributed by atoms with Gasteiger partial charge in [0.1, 0.15) is 0 Å². The van der Waals surface area contributed by atoms with Gasteiger partial charge in [-0.05, 0) is 6.42 Å². The molecule has 15 heteroatoms. The molecular weight excluding hydrogens is 450 g/mol. The molecule has 1 fully saturated rings. The fourth-order valence-corrected chi connectivity index (χ4v) is 9.00. The Hall–Kier alpha value is -1.02. The van der Waals surface area contributed by atoms with E-state index < -0.39 is 48.4 Å². The molecule has 0 atom stereocenters. The number of amides is 6. The lowest BCUT2D eigenvalue weighted by Crippen LogP contribution is -2.88. The Bertz CT molecular complexity index is 629. The van der Waals surface area contributed by atoms with Gasteiger partial charge < -0.3 is 26.6 Å². The first-order valence-corrected chi connectivity index (χ1v) is 16.1. The Labute approximate surface area is 181 Å². The van der Waals surface area contributed by atoms with Crippen LogP contribution < -0.4 is 0 Å². The highest BCUT2D eigenvalue weighted by Gasteiger charge is 2.76. The molecule has 0 radical (unpaired) electrons. The normalized spacial score (nSPS) is 18.4. The zero-order chi connectivity index (χ0) is 23.5. The van der Waals surface area contributed by atoms with Crippen molar-refractivity contribution in [2.75, 3.05) is 49.2 Å². The third-order valence-electron chi connectivity index (χ3n) is 5.76. The van der Waals surface area contributed by atoms with E-state index in [1.54, 1.807) is 6.55 Å². The number of urea groups is 3. The second-order valence-corrected chi connectivity index (χ2v) is 16.5. The van der Waals surface area contributed by atoms with Crippen LogP contribution in [-0.2, 0) is 26.6 Å². The molecule has 0 unspecified atom stereocenters. The van der Waals surface area contributed by atoms with Crippen molar-refractivity contribution >= 4 is 44.3 Å². The van der Waals surface area contributed by atoms with Crippen molar-refractivity contribution in [3.8, 4) is 0 Å². The zero-order valence-corrected chi connectivity index (χ0v) is 22.4. The van der Waals surface area contributed by atoms with Gasteiger partial charge >= 0.3 is 44.3 Å². The molecule has 0 aromatic rings. The second kappa shape index (κ2) is 9.63. The van der Waals surface area contributed by atoms with Crippen molar-refractivity contribution in [3.63, 3.8) is 0 Å². The summed E-state index contributed by atoms with van der Waals surface area (Å²) >= 11 is 0. The lowest BCUT2D eigenvalue weighted by atomic mass is 10.4. The van der Waals surface area contributed by atoms with Crippen molar-refractivity contribution < 1.29 is 45.1 Å². The highest BCUT2D eigenvalue weighted by molar-refractivity contribution is 6.75. The first kappa shape index (κ1) is 27.0. The lowest BCUT2D eigenvalue weighted by molar-refractivity contribution is -0.692. The average Bonchev–Trinajstić information content (AvgIpc) is 2.75. The molecule has 6 amide bonds. The maximum atomic E-state index is 13.9. The van der Waals surface area contributed by atoms with Crippen LogP contribution in [0.1, 0.15) is 13.3 Å². The predicted molar refractivity (Wildman–Crippen MR) is 112 cm³/mol. The van der Waals surface area contributed by atoms with Crippen LogP contribution in [0.15, 0.2) is 0 Å². The molecule has 1 rings (SSSR count). The topological polar surface area (TPSA) is 113 Å². The van der Waals surface area contributed by atoms with Crippen molar-refractivity contribution in [3.05, 3.63) is 0 Å². The first-order chi connectivity index (χ1) is 13.9. The molecule has 0 aliphatic carbocycles. The van der Waals surface area contributed by atoms with Crippen LogP contribution in [0.2, 0.25) is 19.6 Å². The lowest BCUT2D eigenvalue weighted by Gasteiger charge is -2.52. The molecule has 1 saturated heterocycles. The van der Waals surface area contributed by atoms with Gasteiger partial charge in [-0.15, -0.1) is 0 Å². The monoisotopic (exact) mass is 484 g/mol. The summed E-state index contributed by atoms with van der Waals surface area (Å²) in [6.45, 7) is 6.53. The highest BCUT2D eigenvalue weighted by Crippen LogP contribution is 2.37.